The minimum atomic E-state index is -0.471. The van der Waals surface area contributed by atoms with Crippen molar-refractivity contribution in [2.45, 2.75) is 44.7 Å². The van der Waals surface area contributed by atoms with E-state index in [4.69, 9.17) is 9.47 Å². The molecular formula is C24H25FN2O4. The molecule has 162 valence electrons. The number of carbonyl (C=O) groups is 2. The van der Waals surface area contributed by atoms with Crippen molar-refractivity contribution in [2.24, 2.45) is 5.92 Å². The van der Waals surface area contributed by atoms with Gasteiger partial charge in [0.05, 0.1) is 11.6 Å². The summed E-state index contributed by atoms with van der Waals surface area (Å²) in [4.78, 5) is 29.5. The fraction of sp³-hybridized carbons (Fsp3) is 0.417. The summed E-state index contributed by atoms with van der Waals surface area (Å²) < 4.78 is 25.1. The maximum atomic E-state index is 14.2. The zero-order valence-electron chi connectivity index (χ0n) is 17.3. The smallest absolute Gasteiger partial charge is 0.231 e. The topological polar surface area (TPSA) is 59.1 Å². The van der Waals surface area contributed by atoms with Gasteiger partial charge >= 0.3 is 0 Å². The lowest BCUT2D eigenvalue weighted by Crippen LogP contribution is -2.42. The zero-order chi connectivity index (χ0) is 21.4. The quantitative estimate of drug-likeness (QED) is 0.731. The van der Waals surface area contributed by atoms with Crippen LogP contribution in [0.25, 0.3) is 0 Å². The van der Waals surface area contributed by atoms with Crippen LogP contribution in [0.15, 0.2) is 42.5 Å². The van der Waals surface area contributed by atoms with Gasteiger partial charge in [0.25, 0.3) is 0 Å². The second-order valence-corrected chi connectivity index (χ2v) is 8.45. The molecule has 0 bridgehead atoms. The number of hydrogen-bond donors (Lipinski definition) is 0. The molecule has 0 radical (unpaired) electrons. The lowest BCUT2D eigenvalue weighted by atomic mass is 10.0. The van der Waals surface area contributed by atoms with Crippen molar-refractivity contribution in [3.05, 3.63) is 53.8 Å². The Morgan fingerprint density at radius 2 is 1.87 bits per heavy atom. The third-order valence-electron chi connectivity index (χ3n) is 6.46. The van der Waals surface area contributed by atoms with Gasteiger partial charge in [-0.2, -0.15) is 0 Å². The molecule has 0 N–H and O–H groups in total. The van der Waals surface area contributed by atoms with E-state index in [1.807, 2.05) is 23.1 Å². The van der Waals surface area contributed by atoms with E-state index in [0.717, 1.165) is 31.2 Å². The predicted molar refractivity (Wildman–Crippen MR) is 112 cm³/mol. The summed E-state index contributed by atoms with van der Waals surface area (Å²) in [6.07, 6.45) is 4.24. The van der Waals surface area contributed by atoms with E-state index in [1.54, 1.807) is 18.2 Å². The number of amides is 2. The van der Waals surface area contributed by atoms with E-state index in [0.29, 0.717) is 18.0 Å². The highest BCUT2D eigenvalue weighted by Gasteiger charge is 2.40. The van der Waals surface area contributed by atoms with Gasteiger partial charge in [-0.15, -0.1) is 0 Å². The molecule has 2 amide bonds. The van der Waals surface area contributed by atoms with Gasteiger partial charge < -0.3 is 19.3 Å². The van der Waals surface area contributed by atoms with E-state index in [1.165, 1.54) is 11.0 Å². The van der Waals surface area contributed by atoms with Crippen molar-refractivity contribution in [3.8, 4) is 11.5 Å². The number of halogens is 1. The molecule has 5 rings (SSSR count). The normalized spacial score (nSPS) is 20.5. The van der Waals surface area contributed by atoms with E-state index >= 15 is 0 Å². The van der Waals surface area contributed by atoms with Gasteiger partial charge in [0.15, 0.2) is 11.5 Å². The Balaban J connectivity index is 1.36. The summed E-state index contributed by atoms with van der Waals surface area (Å²) in [5, 5.41) is 0. The maximum absolute atomic E-state index is 14.2. The lowest BCUT2D eigenvalue weighted by molar-refractivity contribution is -0.138. The van der Waals surface area contributed by atoms with Gasteiger partial charge in [-0.25, -0.2) is 4.39 Å². The van der Waals surface area contributed by atoms with Crippen molar-refractivity contribution in [3.63, 3.8) is 0 Å². The van der Waals surface area contributed by atoms with E-state index < -0.39 is 11.7 Å². The van der Waals surface area contributed by atoms with Gasteiger partial charge in [-0.3, -0.25) is 9.59 Å². The summed E-state index contributed by atoms with van der Waals surface area (Å²) in [5.74, 6) is 0.246. The number of anilines is 1. The Hall–Kier alpha value is -3.09. The van der Waals surface area contributed by atoms with Gasteiger partial charge in [0, 0.05) is 25.6 Å². The molecule has 0 aromatic heterocycles. The zero-order valence-corrected chi connectivity index (χ0v) is 17.3. The summed E-state index contributed by atoms with van der Waals surface area (Å²) in [6.45, 7) is 0.883. The molecule has 1 saturated heterocycles. The molecule has 0 spiro atoms. The molecule has 2 aromatic carbocycles. The summed E-state index contributed by atoms with van der Waals surface area (Å²) in [6, 6.07) is 12.1. The second kappa shape index (κ2) is 8.21. The number of para-hydroxylation sites is 1. The van der Waals surface area contributed by atoms with E-state index in [2.05, 4.69) is 0 Å². The van der Waals surface area contributed by atoms with Gasteiger partial charge in [0.1, 0.15) is 5.82 Å². The van der Waals surface area contributed by atoms with Crippen molar-refractivity contribution in [2.75, 3.05) is 18.2 Å². The molecule has 31 heavy (non-hydrogen) atoms. The Kier molecular flexibility index (Phi) is 5.26. The minimum absolute atomic E-state index is 0.0308. The number of hydrogen-bond acceptors (Lipinski definition) is 4. The van der Waals surface area contributed by atoms with Gasteiger partial charge in [-0.1, -0.05) is 31.0 Å². The summed E-state index contributed by atoms with van der Waals surface area (Å²) in [7, 11) is 0. The van der Waals surface area contributed by atoms with Crippen molar-refractivity contribution < 1.29 is 23.5 Å². The first-order valence-corrected chi connectivity index (χ1v) is 10.8. The van der Waals surface area contributed by atoms with Crippen LogP contribution >= 0.6 is 0 Å². The number of nitrogens with zero attached hydrogens (tertiary/aromatic N) is 2. The monoisotopic (exact) mass is 424 g/mol. The first-order valence-electron chi connectivity index (χ1n) is 10.8. The largest absolute Gasteiger partial charge is 0.454 e. The molecule has 0 unspecified atom stereocenters. The number of carbonyl (C=O) groups excluding carboxylic acids is 2. The van der Waals surface area contributed by atoms with Crippen molar-refractivity contribution in [1.82, 2.24) is 4.90 Å². The van der Waals surface area contributed by atoms with Crippen molar-refractivity contribution in [1.29, 1.82) is 0 Å². The molecule has 7 heteroatoms. The standard InChI is InChI=1S/C24H25FN2O4/c25-19-7-3-4-8-20(19)27-14-17(12-23(27)28)24(29)26(18-5-1-2-6-18)13-16-9-10-21-22(11-16)31-15-30-21/h3-4,7-11,17-18H,1-2,5-6,12-15H2/t17-/m1/s1. The molecule has 2 aliphatic heterocycles. The third kappa shape index (κ3) is 3.84. The van der Waals surface area contributed by atoms with Crippen molar-refractivity contribution >= 4 is 17.5 Å². The van der Waals surface area contributed by atoms with E-state index in [-0.39, 0.29) is 43.3 Å². The third-order valence-corrected chi connectivity index (χ3v) is 6.46. The Labute approximate surface area is 180 Å². The Morgan fingerprint density at radius 1 is 1.10 bits per heavy atom. The molecule has 6 nitrogen and oxygen atoms in total. The molecule has 2 aromatic rings. The maximum Gasteiger partial charge on any atom is 0.231 e. The predicted octanol–water partition coefficient (Wildman–Crippen LogP) is 3.88. The summed E-state index contributed by atoms with van der Waals surface area (Å²) >= 11 is 0. The summed E-state index contributed by atoms with van der Waals surface area (Å²) in [5.41, 5.74) is 1.21. The second-order valence-electron chi connectivity index (χ2n) is 8.45. The van der Waals surface area contributed by atoms with Crippen LogP contribution in [-0.2, 0) is 16.1 Å². The van der Waals surface area contributed by atoms with Crippen LogP contribution in [0.3, 0.4) is 0 Å². The number of ether oxygens (including phenoxy) is 2. The van der Waals surface area contributed by atoms with Crippen LogP contribution in [0.5, 0.6) is 11.5 Å². The molecular weight excluding hydrogens is 399 g/mol. The SMILES string of the molecule is O=C1C[C@@H](C(=O)N(Cc2ccc3c(c2)OCO3)C2CCCC2)CN1c1ccccc1F. The van der Waals surface area contributed by atoms with E-state index in [9.17, 15) is 14.0 Å². The fourth-order valence-electron chi connectivity index (χ4n) is 4.85. The molecule has 2 heterocycles. The Bertz CT molecular complexity index is 1000. The highest BCUT2D eigenvalue weighted by atomic mass is 19.1. The highest BCUT2D eigenvalue weighted by molar-refractivity contribution is 6.00. The first kappa shape index (κ1) is 19.8. The molecule has 1 atom stereocenters. The number of benzene rings is 2. The number of rotatable bonds is 5. The van der Waals surface area contributed by atoms with Crippen LogP contribution in [-0.4, -0.2) is 36.1 Å². The number of fused-ring (bicyclic) bond motifs is 1. The average Bonchev–Trinajstić information content (AvgIpc) is 3.52. The van der Waals surface area contributed by atoms with Crippen LogP contribution in [0, 0.1) is 11.7 Å². The van der Waals surface area contributed by atoms with Crippen LogP contribution < -0.4 is 14.4 Å². The molecule has 1 aliphatic carbocycles. The average molecular weight is 424 g/mol. The van der Waals surface area contributed by atoms with Crippen LogP contribution in [0.1, 0.15) is 37.7 Å². The van der Waals surface area contributed by atoms with Crippen LogP contribution in [0.2, 0.25) is 0 Å². The lowest BCUT2D eigenvalue weighted by Gasteiger charge is -2.31. The Morgan fingerprint density at radius 3 is 2.68 bits per heavy atom. The highest BCUT2D eigenvalue weighted by Crippen LogP contribution is 2.35. The molecule has 1 saturated carbocycles. The van der Waals surface area contributed by atoms with Gasteiger partial charge in [-0.05, 0) is 42.7 Å². The molecule has 3 aliphatic rings. The minimum Gasteiger partial charge on any atom is -0.454 e. The van der Waals surface area contributed by atoms with Gasteiger partial charge in [0.2, 0.25) is 18.6 Å². The molecule has 2 fully saturated rings. The van der Waals surface area contributed by atoms with Crippen LogP contribution in [0.4, 0.5) is 10.1 Å². The fourth-order valence-corrected chi connectivity index (χ4v) is 4.85. The first-order chi connectivity index (χ1) is 15.1.